The molecule has 6 nitrogen and oxygen atoms in total. The molecule has 1 rings (SSSR count). The number of methoxy groups -OCH3 is 1. The molecule has 1 aromatic carbocycles. The Labute approximate surface area is 124 Å². The first-order chi connectivity index (χ1) is 9.90. The van der Waals surface area contributed by atoms with Crippen molar-refractivity contribution in [2.45, 2.75) is 32.0 Å². The average molecular weight is 294 g/mol. The van der Waals surface area contributed by atoms with Gasteiger partial charge in [-0.05, 0) is 26.5 Å². The van der Waals surface area contributed by atoms with Crippen molar-refractivity contribution in [1.29, 1.82) is 0 Å². The van der Waals surface area contributed by atoms with Gasteiger partial charge in [0.1, 0.15) is 12.6 Å². The molecule has 2 N–H and O–H groups in total. The SMILES string of the molecule is CNC(C)(C)C(NC(=O)OCc1ccccc1)C(=O)OC. The van der Waals surface area contributed by atoms with E-state index in [2.05, 4.69) is 10.6 Å². The summed E-state index contributed by atoms with van der Waals surface area (Å²) < 4.78 is 9.82. The lowest BCUT2D eigenvalue weighted by molar-refractivity contribution is -0.144. The van der Waals surface area contributed by atoms with Crippen molar-refractivity contribution in [3.05, 3.63) is 35.9 Å². The van der Waals surface area contributed by atoms with Crippen LogP contribution in [0.3, 0.4) is 0 Å². The van der Waals surface area contributed by atoms with Crippen molar-refractivity contribution >= 4 is 12.1 Å². The molecule has 0 aliphatic rings. The quantitative estimate of drug-likeness (QED) is 0.777. The molecule has 6 heteroatoms. The third-order valence-electron chi connectivity index (χ3n) is 3.28. The summed E-state index contributed by atoms with van der Waals surface area (Å²) in [5.41, 5.74) is 0.203. The number of carbonyl (C=O) groups excluding carboxylic acids is 2. The topological polar surface area (TPSA) is 76.7 Å². The zero-order valence-corrected chi connectivity index (χ0v) is 12.8. The van der Waals surface area contributed by atoms with Gasteiger partial charge in [-0.2, -0.15) is 0 Å². The minimum absolute atomic E-state index is 0.139. The van der Waals surface area contributed by atoms with Crippen LogP contribution in [0.25, 0.3) is 0 Å². The first-order valence-electron chi connectivity index (χ1n) is 6.64. The molecule has 1 amide bonds. The zero-order valence-electron chi connectivity index (χ0n) is 12.8. The normalized spacial score (nSPS) is 12.4. The largest absolute Gasteiger partial charge is 0.467 e. The molecule has 1 aromatic rings. The predicted octanol–water partition coefficient (Wildman–Crippen LogP) is 1.45. The van der Waals surface area contributed by atoms with Gasteiger partial charge in [0.25, 0.3) is 0 Å². The van der Waals surface area contributed by atoms with Gasteiger partial charge in [0.05, 0.1) is 7.11 Å². The first-order valence-corrected chi connectivity index (χ1v) is 6.64. The highest BCUT2D eigenvalue weighted by atomic mass is 16.6. The predicted molar refractivity (Wildman–Crippen MR) is 78.7 cm³/mol. The van der Waals surface area contributed by atoms with E-state index in [9.17, 15) is 9.59 Å². The lowest BCUT2D eigenvalue weighted by Gasteiger charge is -2.32. The lowest BCUT2D eigenvalue weighted by Crippen LogP contribution is -2.60. The molecule has 0 saturated heterocycles. The second kappa shape index (κ2) is 7.64. The standard InChI is InChI=1S/C15H22N2O4/c1-15(2,16-3)12(13(18)20-4)17-14(19)21-10-11-8-6-5-7-9-11/h5-9,12,16H,10H2,1-4H3,(H,17,19). The fourth-order valence-electron chi connectivity index (χ4n) is 1.68. The van der Waals surface area contributed by atoms with E-state index >= 15 is 0 Å². The lowest BCUT2D eigenvalue weighted by atomic mass is 9.95. The highest BCUT2D eigenvalue weighted by Crippen LogP contribution is 2.11. The number of rotatable bonds is 6. The summed E-state index contributed by atoms with van der Waals surface area (Å²) in [7, 11) is 2.98. The monoisotopic (exact) mass is 294 g/mol. The average Bonchev–Trinajstić information content (AvgIpc) is 2.50. The molecular formula is C15H22N2O4. The molecule has 0 bridgehead atoms. The van der Waals surface area contributed by atoms with E-state index in [1.807, 2.05) is 30.3 Å². The number of carbonyl (C=O) groups is 2. The van der Waals surface area contributed by atoms with E-state index in [0.29, 0.717) is 0 Å². The first kappa shape index (κ1) is 17.0. The molecule has 1 atom stereocenters. The summed E-state index contributed by atoms with van der Waals surface area (Å²) in [6.07, 6.45) is -0.669. The summed E-state index contributed by atoms with van der Waals surface area (Å²) in [5, 5.41) is 5.50. The van der Waals surface area contributed by atoms with Gasteiger partial charge in [-0.1, -0.05) is 30.3 Å². The van der Waals surface area contributed by atoms with E-state index in [0.717, 1.165) is 5.56 Å². The molecule has 0 heterocycles. The van der Waals surface area contributed by atoms with Crippen LogP contribution in [0, 0.1) is 0 Å². The van der Waals surface area contributed by atoms with Gasteiger partial charge >= 0.3 is 12.1 Å². The van der Waals surface area contributed by atoms with E-state index in [1.165, 1.54) is 7.11 Å². The number of hydrogen-bond donors (Lipinski definition) is 2. The molecule has 1 unspecified atom stereocenters. The van der Waals surface area contributed by atoms with Crippen LogP contribution < -0.4 is 10.6 Å². The number of hydrogen-bond acceptors (Lipinski definition) is 5. The van der Waals surface area contributed by atoms with Gasteiger partial charge in [0.15, 0.2) is 0 Å². The van der Waals surface area contributed by atoms with Gasteiger partial charge in [-0.15, -0.1) is 0 Å². The Bertz CT molecular complexity index is 474. The smallest absolute Gasteiger partial charge is 0.408 e. The Morgan fingerprint density at radius 3 is 2.38 bits per heavy atom. The molecule has 21 heavy (non-hydrogen) atoms. The number of amides is 1. The number of nitrogens with one attached hydrogen (secondary N) is 2. The van der Waals surface area contributed by atoms with Crippen LogP contribution in [0.15, 0.2) is 30.3 Å². The highest BCUT2D eigenvalue weighted by Gasteiger charge is 2.36. The molecule has 0 aromatic heterocycles. The van der Waals surface area contributed by atoms with E-state index < -0.39 is 23.6 Å². The maximum atomic E-state index is 11.8. The fourth-order valence-corrected chi connectivity index (χ4v) is 1.68. The molecule has 0 saturated carbocycles. The molecule has 116 valence electrons. The minimum atomic E-state index is -0.851. The van der Waals surface area contributed by atoms with Crippen molar-refractivity contribution < 1.29 is 19.1 Å². The van der Waals surface area contributed by atoms with Crippen molar-refractivity contribution in [2.75, 3.05) is 14.2 Å². The summed E-state index contributed by atoms with van der Waals surface area (Å²) in [6.45, 7) is 3.71. The highest BCUT2D eigenvalue weighted by molar-refractivity contribution is 5.82. The van der Waals surface area contributed by atoms with Crippen LogP contribution in [-0.2, 0) is 20.9 Å². The van der Waals surface area contributed by atoms with Gasteiger partial charge in [-0.25, -0.2) is 9.59 Å². The summed E-state index contributed by atoms with van der Waals surface area (Å²) in [5.74, 6) is -0.536. The number of alkyl carbamates (subject to hydrolysis) is 1. The van der Waals surface area contributed by atoms with Gasteiger partial charge in [0, 0.05) is 5.54 Å². The van der Waals surface area contributed by atoms with Crippen LogP contribution in [0.5, 0.6) is 0 Å². The number of esters is 1. The third kappa shape index (κ3) is 5.07. The van der Waals surface area contributed by atoms with Crippen LogP contribution in [0.1, 0.15) is 19.4 Å². The summed E-state index contributed by atoms with van der Waals surface area (Å²) in [4.78, 5) is 23.6. The number of benzene rings is 1. The molecule has 0 spiro atoms. The Balaban J connectivity index is 2.62. The third-order valence-corrected chi connectivity index (χ3v) is 3.28. The maximum absolute atomic E-state index is 11.8. The Kier molecular flexibility index (Phi) is 6.17. The molecular weight excluding hydrogens is 272 g/mol. The fraction of sp³-hybridized carbons (Fsp3) is 0.467. The van der Waals surface area contributed by atoms with Crippen molar-refractivity contribution in [3.8, 4) is 0 Å². The molecule has 0 aliphatic heterocycles. The summed E-state index contributed by atoms with van der Waals surface area (Å²) >= 11 is 0. The second-order valence-electron chi connectivity index (χ2n) is 5.13. The van der Waals surface area contributed by atoms with Crippen LogP contribution >= 0.6 is 0 Å². The van der Waals surface area contributed by atoms with Crippen LogP contribution in [0.4, 0.5) is 4.79 Å². The maximum Gasteiger partial charge on any atom is 0.408 e. The number of likely N-dealkylation sites (N-methyl/N-ethyl adjacent to an activating group) is 1. The van der Waals surface area contributed by atoms with E-state index in [1.54, 1.807) is 20.9 Å². The van der Waals surface area contributed by atoms with Gasteiger partial charge in [-0.3, -0.25) is 0 Å². The Morgan fingerprint density at radius 2 is 1.86 bits per heavy atom. The van der Waals surface area contributed by atoms with Crippen LogP contribution in [-0.4, -0.2) is 37.8 Å². The Hall–Kier alpha value is -2.08. The number of ether oxygens (including phenoxy) is 2. The van der Waals surface area contributed by atoms with E-state index in [-0.39, 0.29) is 6.61 Å². The second-order valence-corrected chi connectivity index (χ2v) is 5.13. The molecule has 0 fully saturated rings. The zero-order chi connectivity index (χ0) is 15.9. The van der Waals surface area contributed by atoms with Gasteiger partial charge in [0.2, 0.25) is 0 Å². The molecule has 0 aliphatic carbocycles. The van der Waals surface area contributed by atoms with Crippen molar-refractivity contribution in [3.63, 3.8) is 0 Å². The summed E-state index contributed by atoms with van der Waals surface area (Å²) in [6, 6.07) is 8.45. The van der Waals surface area contributed by atoms with Gasteiger partial charge < -0.3 is 20.1 Å². The Morgan fingerprint density at radius 1 is 1.24 bits per heavy atom. The van der Waals surface area contributed by atoms with Crippen LogP contribution in [0.2, 0.25) is 0 Å². The molecule has 0 radical (unpaired) electrons. The van der Waals surface area contributed by atoms with Crippen molar-refractivity contribution in [1.82, 2.24) is 10.6 Å². The van der Waals surface area contributed by atoms with E-state index in [4.69, 9.17) is 9.47 Å². The van der Waals surface area contributed by atoms with Crippen molar-refractivity contribution in [2.24, 2.45) is 0 Å². The minimum Gasteiger partial charge on any atom is -0.467 e.